The van der Waals surface area contributed by atoms with Crippen LogP contribution in [0.3, 0.4) is 0 Å². The fraction of sp³-hybridized carbons (Fsp3) is 0.263. The third kappa shape index (κ3) is 4.01. The Hall–Kier alpha value is -3.17. The molecule has 2 N–H and O–H groups in total. The molecule has 1 aliphatic heterocycles. The summed E-state index contributed by atoms with van der Waals surface area (Å²) in [5.74, 6) is -6.46. The van der Waals surface area contributed by atoms with Gasteiger partial charge in [0.2, 0.25) is 11.8 Å². The predicted octanol–water partition coefficient (Wildman–Crippen LogP) is 3.46. The Labute approximate surface area is 161 Å². The number of hydrogen-bond acceptors (Lipinski definition) is 3. The van der Waals surface area contributed by atoms with E-state index in [2.05, 4.69) is 10.6 Å². The Morgan fingerprint density at radius 2 is 1.93 bits per heavy atom. The molecule has 5 nitrogen and oxygen atoms in total. The number of amides is 2. The van der Waals surface area contributed by atoms with E-state index in [0.717, 1.165) is 30.3 Å². The van der Waals surface area contributed by atoms with E-state index in [9.17, 15) is 31.5 Å². The summed E-state index contributed by atoms with van der Waals surface area (Å²) in [6, 6.07) is 5.90. The van der Waals surface area contributed by atoms with Gasteiger partial charge in [0.05, 0.1) is 18.4 Å². The van der Waals surface area contributed by atoms with Crippen molar-refractivity contribution < 1.29 is 36.3 Å². The van der Waals surface area contributed by atoms with E-state index in [0.29, 0.717) is 0 Å². The summed E-state index contributed by atoms with van der Waals surface area (Å²) in [5, 5.41) is 4.62. The van der Waals surface area contributed by atoms with Gasteiger partial charge in [-0.05, 0) is 24.3 Å². The first-order valence-corrected chi connectivity index (χ1v) is 8.41. The van der Waals surface area contributed by atoms with Crippen molar-refractivity contribution in [3.63, 3.8) is 0 Å². The summed E-state index contributed by atoms with van der Waals surface area (Å²) in [6.07, 6.45) is -4.60. The number of benzene rings is 2. The summed E-state index contributed by atoms with van der Waals surface area (Å²) in [5.41, 5.74) is -1.19. The second kappa shape index (κ2) is 7.69. The van der Waals surface area contributed by atoms with Crippen LogP contribution in [0.15, 0.2) is 36.4 Å². The quantitative estimate of drug-likeness (QED) is 0.595. The number of nitrogens with one attached hydrogen (secondary N) is 2. The van der Waals surface area contributed by atoms with Gasteiger partial charge >= 0.3 is 6.18 Å². The van der Waals surface area contributed by atoms with E-state index in [4.69, 9.17) is 4.74 Å². The number of carbonyl (C=O) groups is 2. The van der Waals surface area contributed by atoms with Crippen molar-refractivity contribution in [2.75, 3.05) is 19.0 Å². The summed E-state index contributed by atoms with van der Waals surface area (Å²) in [4.78, 5) is 24.8. The molecule has 29 heavy (non-hydrogen) atoms. The van der Waals surface area contributed by atoms with E-state index in [-0.39, 0.29) is 17.9 Å². The first-order chi connectivity index (χ1) is 13.6. The molecule has 1 saturated heterocycles. The van der Waals surface area contributed by atoms with Crippen LogP contribution in [0.5, 0.6) is 5.75 Å². The van der Waals surface area contributed by atoms with Gasteiger partial charge in [-0.1, -0.05) is 12.1 Å². The van der Waals surface area contributed by atoms with Crippen LogP contribution < -0.4 is 15.4 Å². The average molecular weight is 414 g/mol. The van der Waals surface area contributed by atoms with Crippen LogP contribution in [0.1, 0.15) is 17.0 Å². The lowest BCUT2D eigenvalue weighted by atomic mass is 9.86. The topological polar surface area (TPSA) is 67.4 Å². The highest BCUT2D eigenvalue weighted by molar-refractivity contribution is 6.08. The van der Waals surface area contributed by atoms with Crippen LogP contribution in [0.2, 0.25) is 0 Å². The van der Waals surface area contributed by atoms with Crippen molar-refractivity contribution in [1.29, 1.82) is 0 Å². The van der Waals surface area contributed by atoms with Gasteiger partial charge in [0, 0.05) is 18.0 Å². The smallest absolute Gasteiger partial charge is 0.416 e. The number of ether oxygens (including phenoxy) is 1. The molecule has 2 aromatic rings. The van der Waals surface area contributed by atoms with Crippen LogP contribution in [-0.2, 0) is 15.8 Å². The fourth-order valence-electron chi connectivity index (χ4n) is 3.22. The normalized spacial score (nSPS) is 19.0. The molecular weight excluding hydrogens is 399 g/mol. The SMILES string of the molecule is COc1cc(C(F)(F)F)ccc1[C@H]1CNC(=O)[C@@H]1C(=O)Nc1cccc(F)c1F. The number of alkyl halides is 3. The molecule has 0 saturated carbocycles. The second-order valence-electron chi connectivity index (χ2n) is 6.37. The molecule has 0 bridgehead atoms. The Balaban J connectivity index is 1.93. The molecule has 1 aliphatic rings. The zero-order chi connectivity index (χ0) is 21.3. The number of rotatable bonds is 4. The van der Waals surface area contributed by atoms with Gasteiger partial charge in [0.1, 0.15) is 11.7 Å². The highest BCUT2D eigenvalue weighted by Crippen LogP contribution is 2.39. The highest BCUT2D eigenvalue weighted by Gasteiger charge is 2.43. The second-order valence-corrected chi connectivity index (χ2v) is 6.37. The van der Waals surface area contributed by atoms with Crippen LogP contribution >= 0.6 is 0 Å². The minimum atomic E-state index is -4.60. The molecule has 2 aromatic carbocycles. The molecule has 1 fully saturated rings. The molecule has 0 aliphatic carbocycles. The minimum absolute atomic E-state index is 0.0374. The first kappa shape index (κ1) is 20.6. The van der Waals surface area contributed by atoms with Gasteiger partial charge in [-0.2, -0.15) is 13.2 Å². The first-order valence-electron chi connectivity index (χ1n) is 8.41. The van der Waals surface area contributed by atoms with Gasteiger partial charge in [-0.3, -0.25) is 9.59 Å². The van der Waals surface area contributed by atoms with Crippen molar-refractivity contribution in [2.45, 2.75) is 12.1 Å². The van der Waals surface area contributed by atoms with Crippen LogP contribution in [0, 0.1) is 17.6 Å². The van der Waals surface area contributed by atoms with Gasteiger partial charge in [-0.15, -0.1) is 0 Å². The lowest BCUT2D eigenvalue weighted by Crippen LogP contribution is -2.32. The van der Waals surface area contributed by atoms with E-state index in [1.54, 1.807) is 0 Å². The zero-order valence-corrected chi connectivity index (χ0v) is 14.9. The maximum Gasteiger partial charge on any atom is 0.416 e. The van der Waals surface area contributed by atoms with Crippen LogP contribution in [-0.4, -0.2) is 25.5 Å². The number of halogens is 5. The number of carbonyl (C=O) groups excluding carboxylic acids is 2. The Morgan fingerprint density at radius 3 is 2.59 bits per heavy atom. The van der Waals surface area contributed by atoms with E-state index in [1.807, 2.05) is 0 Å². The predicted molar refractivity (Wildman–Crippen MR) is 92.2 cm³/mol. The number of methoxy groups -OCH3 is 1. The molecule has 0 aromatic heterocycles. The molecule has 2 atom stereocenters. The van der Waals surface area contributed by atoms with Crippen molar-refractivity contribution in [1.82, 2.24) is 5.32 Å². The Kier molecular flexibility index (Phi) is 5.45. The lowest BCUT2D eigenvalue weighted by Gasteiger charge is -2.20. The summed E-state index contributed by atoms with van der Waals surface area (Å²) in [7, 11) is 1.17. The average Bonchev–Trinajstić information content (AvgIpc) is 3.05. The molecule has 10 heteroatoms. The largest absolute Gasteiger partial charge is 0.496 e. The molecule has 2 amide bonds. The molecule has 0 spiro atoms. The summed E-state index contributed by atoms with van der Waals surface area (Å²) < 4.78 is 71.0. The molecule has 0 radical (unpaired) electrons. The summed E-state index contributed by atoms with van der Waals surface area (Å²) in [6.45, 7) is -0.0374. The monoisotopic (exact) mass is 414 g/mol. The highest BCUT2D eigenvalue weighted by atomic mass is 19.4. The molecule has 3 rings (SSSR count). The third-order valence-corrected chi connectivity index (χ3v) is 4.63. The number of hydrogen-bond donors (Lipinski definition) is 2. The van der Waals surface area contributed by atoms with Crippen molar-refractivity contribution in [2.24, 2.45) is 5.92 Å². The molecule has 0 unspecified atom stereocenters. The van der Waals surface area contributed by atoms with Crippen molar-refractivity contribution in [3.05, 3.63) is 59.2 Å². The Bertz CT molecular complexity index is 961. The maximum atomic E-state index is 13.8. The van der Waals surface area contributed by atoms with Crippen LogP contribution in [0.4, 0.5) is 27.6 Å². The Morgan fingerprint density at radius 1 is 1.21 bits per heavy atom. The summed E-state index contributed by atoms with van der Waals surface area (Å²) >= 11 is 0. The molecular formula is C19H15F5N2O3. The molecule has 154 valence electrons. The van der Waals surface area contributed by atoms with E-state index < -0.39 is 52.7 Å². The third-order valence-electron chi connectivity index (χ3n) is 4.63. The van der Waals surface area contributed by atoms with Crippen LogP contribution in [0.25, 0.3) is 0 Å². The van der Waals surface area contributed by atoms with Gasteiger partial charge in [0.25, 0.3) is 0 Å². The van der Waals surface area contributed by atoms with Gasteiger partial charge < -0.3 is 15.4 Å². The van der Waals surface area contributed by atoms with E-state index in [1.165, 1.54) is 13.2 Å². The zero-order valence-electron chi connectivity index (χ0n) is 14.9. The standard InChI is InChI=1S/C19H15F5N2O3/c1-29-14-7-9(19(22,23)24)5-6-10(14)11-8-25-17(27)15(11)18(28)26-13-4-2-3-12(20)16(13)21/h2-7,11,15H,8H2,1H3,(H,25,27)(H,26,28)/t11-,15-/m1/s1. The van der Waals surface area contributed by atoms with E-state index >= 15 is 0 Å². The van der Waals surface area contributed by atoms with Gasteiger partial charge in [0.15, 0.2) is 11.6 Å². The fourth-order valence-corrected chi connectivity index (χ4v) is 3.22. The lowest BCUT2D eigenvalue weighted by molar-refractivity contribution is -0.138. The molecule has 1 heterocycles. The van der Waals surface area contributed by atoms with Crippen molar-refractivity contribution in [3.8, 4) is 5.75 Å². The minimum Gasteiger partial charge on any atom is -0.496 e. The van der Waals surface area contributed by atoms with Gasteiger partial charge in [-0.25, -0.2) is 8.78 Å². The number of anilines is 1. The van der Waals surface area contributed by atoms with Crippen molar-refractivity contribution >= 4 is 17.5 Å². The maximum absolute atomic E-state index is 13.8.